The van der Waals surface area contributed by atoms with Crippen LogP contribution in [0.5, 0.6) is 5.75 Å². The Hall–Kier alpha value is -2.41. The molecule has 0 amide bonds. The molecule has 0 aliphatic heterocycles. The molecule has 7 nitrogen and oxygen atoms in total. The number of nitrogens with one attached hydrogen (secondary N) is 2. The third kappa shape index (κ3) is 6.07. The second-order valence-corrected chi connectivity index (χ2v) is 4.96. The highest BCUT2D eigenvalue weighted by Crippen LogP contribution is 2.12. The molecule has 0 fully saturated rings. The Balaban J connectivity index is 1.76. The summed E-state index contributed by atoms with van der Waals surface area (Å²) < 4.78 is 10.1. The number of ether oxygens (including phenoxy) is 2. The fraction of sp³-hybridized carbons (Fsp3) is 0.438. The molecular weight excluding hydrogens is 294 g/mol. The zero-order valence-corrected chi connectivity index (χ0v) is 13.6. The van der Waals surface area contributed by atoms with E-state index in [2.05, 4.69) is 37.9 Å². The monoisotopic (exact) mass is 317 g/mol. The quantitative estimate of drug-likeness (QED) is 0.648. The van der Waals surface area contributed by atoms with Gasteiger partial charge in [-0.1, -0.05) is 12.1 Å². The molecule has 0 atom stereocenters. The number of methoxy groups -OCH3 is 2. The Morgan fingerprint density at radius 1 is 1.04 bits per heavy atom. The van der Waals surface area contributed by atoms with E-state index in [1.807, 2.05) is 12.1 Å². The molecule has 2 rings (SSSR count). The van der Waals surface area contributed by atoms with Gasteiger partial charge in [0, 0.05) is 26.8 Å². The number of anilines is 2. The van der Waals surface area contributed by atoms with Crippen LogP contribution >= 0.6 is 0 Å². The Morgan fingerprint density at radius 2 is 1.87 bits per heavy atom. The van der Waals surface area contributed by atoms with Gasteiger partial charge in [-0.05, 0) is 30.5 Å². The van der Waals surface area contributed by atoms with Crippen LogP contribution in [0, 0.1) is 0 Å². The van der Waals surface area contributed by atoms with Crippen molar-refractivity contribution in [2.45, 2.75) is 12.8 Å². The van der Waals surface area contributed by atoms with Gasteiger partial charge >= 0.3 is 0 Å². The zero-order valence-electron chi connectivity index (χ0n) is 13.6. The van der Waals surface area contributed by atoms with E-state index in [4.69, 9.17) is 9.47 Å². The normalized spacial score (nSPS) is 10.3. The minimum absolute atomic E-state index is 0.524. The van der Waals surface area contributed by atoms with E-state index in [0.29, 0.717) is 18.4 Å². The van der Waals surface area contributed by atoms with Gasteiger partial charge in [0.2, 0.25) is 5.95 Å². The molecule has 1 aromatic carbocycles. The molecule has 23 heavy (non-hydrogen) atoms. The lowest BCUT2D eigenvalue weighted by molar-refractivity contribution is 0.197. The summed E-state index contributed by atoms with van der Waals surface area (Å²) >= 11 is 0. The second kappa shape index (κ2) is 9.58. The minimum atomic E-state index is 0.524. The van der Waals surface area contributed by atoms with Crippen LogP contribution in [0.3, 0.4) is 0 Å². The van der Waals surface area contributed by atoms with Crippen molar-refractivity contribution in [3.63, 3.8) is 0 Å². The smallest absolute Gasteiger partial charge is 0.244 e. The highest BCUT2D eigenvalue weighted by molar-refractivity contribution is 5.37. The molecule has 2 aromatic rings. The molecule has 1 aromatic heterocycles. The highest BCUT2D eigenvalue weighted by Gasteiger charge is 2.00. The number of benzene rings is 1. The SMILES string of the molecule is COCCCNc1nncc(NCCc2ccc(OC)cc2)n1. The first-order valence-corrected chi connectivity index (χ1v) is 7.61. The van der Waals surface area contributed by atoms with Crippen molar-refractivity contribution in [1.29, 1.82) is 0 Å². The summed E-state index contributed by atoms with van der Waals surface area (Å²) in [4.78, 5) is 4.37. The Morgan fingerprint density at radius 3 is 2.61 bits per heavy atom. The maximum Gasteiger partial charge on any atom is 0.244 e. The topological polar surface area (TPSA) is 81.2 Å². The first kappa shape index (κ1) is 17.0. The Bertz CT molecular complexity index is 577. The molecule has 0 saturated carbocycles. The molecule has 2 N–H and O–H groups in total. The van der Waals surface area contributed by atoms with E-state index >= 15 is 0 Å². The van der Waals surface area contributed by atoms with E-state index in [-0.39, 0.29) is 0 Å². The molecule has 7 heteroatoms. The number of hydrogen-bond acceptors (Lipinski definition) is 7. The molecular formula is C16H23N5O2. The van der Waals surface area contributed by atoms with E-state index < -0.39 is 0 Å². The molecule has 0 bridgehead atoms. The van der Waals surface area contributed by atoms with Crippen molar-refractivity contribution >= 4 is 11.8 Å². The van der Waals surface area contributed by atoms with Crippen LogP contribution in [0.2, 0.25) is 0 Å². The standard InChI is InChI=1S/C16H23N5O2/c1-22-11-3-9-18-16-20-15(12-19-21-16)17-10-8-13-4-6-14(23-2)7-5-13/h4-7,12H,3,8-11H2,1-2H3,(H2,17,18,20,21). The average molecular weight is 317 g/mol. The van der Waals surface area contributed by atoms with Crippen LogP contribution in [-0.4, -0.2) is 49.1 Å². The largest absolute Gasteiger partial charge is 0.497 e. The van der Waals surface area contributed by atoms with Gasteiger partial charge in [-0.15, -0.1) is 5.10 Å². The van der Waals surface area contributed by atoms with Gasteiger partial charge in [-0.25, -0.2) is 0 Å². The summed E-state index contributed by atoms with van der Waals surface area (Å²) in [6.45, 7) is 2.24. The maximum absolute atomic E-state index is 5.15. The van der Waals surface area contributed by atoms with Crippen molar-refractivity contribution in [3.05, 3.63) is 36.0 Å². The minimum Gasteiger partial charge on any atom is -0.497 e. The summed E-state index contributed by atoms with van der Waals surface area (Å²) in [6.07, 6.45) is 3.41. The summed E-state index contributed by atoms with van der Waals surface area (Å²) in [5.74, 6) is 2.10. The third-order valence-corrected chi connectivity index (χ3v) is 3.25. The fourth-order valence-electron chi connectivity index (χ4n) is 2.01. The number of hydrogen-bond donors (Lipinski definition) is 2. The van der Waals surface area contributed by atoms with Crippen LogP contribution in [0.4, 0.5) is 11.8 Å². The van der Waals surface area contributed by atoms with Crippen molar-refractivity contribution in [3.8, 4) is 5.75 Å². The van der Waals surface area contributed by atoms with Gasteiger partial charge in [0.05, 0.1) is 13.3 Å². The van der Waals surface area contributed by atoms with Crippen molar-refractivity contribution in [2.75, 3.05) is 44.5 Å². The highest BCUT2D eigenvalue weighted by atomic mass is 16.5. The first-order valence-electron chi connectivity index (χ1n) is 7.61. The Labute approximate surface area is 136 Å². The lowest BCUT2D eigenvalue weighted by atomic mass is 10.1. The predicted octanol–water partition coefficient (Wildman–Crippen LogP) is 1.98. The fourth-order valence-corrected chi connectivity index (χ4v) is 2.01. The van der Waals surface area contributed by atoms with Crippen molar-refractivity contribution in [1.82, 2.24) is 15.2 Å². The number of nitrogens with zero attached hydrogens (tertiary/aromatic N) is 3. The molecule has 124 valence electrons. The summed E-state index contributed by atoms with van der Waals surface area (Å²) in [5, 5.41) is 14.3. The zero-order chi connectivity index (χ0) is 16.3. The third-order valence-electron chi connectivity index (χ3n) is 3.25. The lowest BCUT2D eigenvalue weighted by Crippen LogP contribution is -2.11. The molecule has 0 aliphatic carbocycles. The second-order valence-electron chi connectivity index (χ2n) is 4.96. The van der Waals surface area contributed by atoms with Crippen LogP contribution < -0.4 is 15.4 Å². The van der Waals surface area contributed by atoms with E-state index in [9.17, 15) is 0 Å². The van der Waals surface area contributed by atoms with Crippen molar-refractivity contribution < 1.29 is 9.47 Å². The van der Waals surface area contributed by atoms with Gasteiger partial charge in [0.15, 0.2) is 5.82 Å². The van der Waals surface area contributed by atoms with Gasteiger partial charge in [0.1, 0.15) is 5.75 Å². The van der Waals surface area contributed by atoms with Gasteiger partial charge < -0.3 is 20.1 Å². The number of rotatable bonds is 10. The van der Waals surface area contributed by atoms with Gasteiger partial charge in [-0.3, -0.25) is 0 Å². The average Bonchev–Trinajstić information content (AvgIpc) is 2.60. The molecule has 0 spiro atoms. The summed E-state index contributed by atoms with van der Waals surface area (Å²) in [6, 6.07) is 8.04. The van der Waals surface area contributed by atoms with Gasteiger partial charge in [-0.2, -0.15) is 10.1 Å². The molecule has 0 radical (unpaired) electrons. The van der Waals surface area contributed by atoms with E-state index in [1.165, 1.54) is 5.56 Å². The van der Waals surface area contributed by atoms with Crippen LogP contribution in [0.1, 0.15) is 12.0 Å². The predicted molar refractivity (Wildman–Crippen MR) is 90.0 cm³/mol. The molecule has 0 unspecified atom stereocenters. The summed E-state index contributed by atoms with van der Waals surface area (Å²) in [5.41, 5.74) is 1.23. The maximum atomic E-state index is 5.15. The van der Waals surface area contributed by atoms with Crippen LogP contribution in [-0.2, 0) is 11.2 Å². The van der Waals surface area contributed by atoms with E-state index in [1.54, 1.807) is 20.4 Å². The lowest BCUT2D eigenvalue weighted by Gasteiger charge is -2.08. The number of aromatic nitrogens is 3. The van der Waals surface area contributed by atoms with Crippen LogP contribution in [0.15, 0.2) is 30.5 Å². The molecule has 1 heterocycles. The Kier molecular flexibility index (Phi) is 7.06. The summed E-state index contributed by atoms with van der Waals surface area (Å²) in [7, 11) is 3.35. The molecule has 0 aliphatic rings. The van der Waals surface area contributed by atoms with Crippen LogP contribution in [0.25, 0.3) is 0 Å². The van der Waals surface area contributed by atoms with E-state index in [0.717, 1.165) is 31.7 Å². The molecule has 0 saturated heterocycles. The first-order chi connectivity index (χ1) is 11.3. The van der Waals surface area contributed by atoms with Crippen molar-refractivity contribution in [2.24, 2.45) is 0 Å². The van der Waals surface area contributed by atoms with Gasteiger partial charge in [0.25, 0.3) is 0 Å².